The molecule has 2 aromatic rings. The molecule has 1 aliphatic heterocycles. The number of carbonyl (C=O) groups is 1. The van der Waals surface area contributed by atoms with E-state index in [-0.39, 0.29) is 12.1 Å². The summed E-state index contributed by atoms with van der Waals surface area (Å²) in [7, 11) is 0. The largest absolute Gasteiger partial charge is 0.447 e. The first kappa shape index (κ1) is 17.3. The molecule has 7 heteroatoms. The predicted octanol–water partition coefficient (Wildman–Crippen LogP) is 4.47. The molecule has 0 spiro atoms. The van der Waals surface area contributed by atoms with Gasteiger partial charge in [-0.15, -0.1) is 0 Å². The summed E-state index contributed by atoms with van der Waals surface area (Å²) in [6.45, 7) is 4.34. The summed E-state index contributed by atoms with van der Waals surface area (Å²) in [6, 6.07) is 5.32. The smallest absolute Gasteiger partial charge is 0.410 e. The van der Waals surface area contributed by atoms with Gasteiger partial charge in [-0.2, -0.15) is 0 Å². The maximum absolute atomic E-state index is 13.5. The Morgan fingerprint density at radius 3 is 2.72 bits per heavy atom. The van der Waals surface area contributed by atoms with Crippen molar-refractivity contribution in [1.82, 2.24) is 9.88 Å². The Balaban J connectivity index is 1.94. The minimum atomic E-state index is -2.89. The molecule has 0 N–H and O–H groups in total. The van der Waals surface area contributed by atoms with Crippen molar-refractivity contribution < 1.29 is 22.7 Å². The molecule has 1 aromatic heterocycles. The van der Waals surface area contributed by atoms with E-state index in [1.165, 1.54) is 6.07 Å². The second-order valence-corrected chi connectivity index (χ2v) is 6.06. The van der Waals surface area contributed by atoms with Crippen molar-refractivity contribution >= 4 is 6.09 Å². The average Bonchev–Trinajstić information content (AvgIpc) is 2.89. The number of hydrogen-bond donors (Lipinski definition) is 0. The molecule has 1 atom stereocenters. The van der Waals surface area contributed by atoms with E-state index in [0.717, 1.165) is 23.4 Å². The van der Waals surface area contributed by atoms with Crippen molar-refractivity contribution in [2.45, 2.75) is 32.9 Å². The molecular weight excluding hydrogens is 333 g/mol. The first-order valence-corrected chi connectivity index (χ1v) is 7.83. The van der Waals surface area contributed by atoms with Gasteiger partial charge in [-0.3, -0.25) is 9.88 Å². The van der Waals surface area contributed by atoms with Gasteiger partial charge in [0.25, 0.3) is 6.43 Å². The van der Waals surface area contributed by atoms with Gasteiger partial charge < -0.3 is 4.74 Å². The highest BCUT2D eigenvalue weighted by atomic mass is 19.3. The lowest BCUT2D eigenvalue weighted by molar-refractivity contribution is 0.146. The zero-order valence-electron chi connectivity index (χ0n) is 13.8. The van der Waals surface area contributed by atoms with Crippen molar-refractivity contribution in [3.63, 3.8) is 0 Å². The van der Waals surface area contributed by atoms with E-state index in [0.29, 0.717) is 24.3 Å². The summed E-state index contributed by atoms with van der Waals surface area (Å²) in [5.41, 5.74) is 1.90. The molecule has 3 rings (SSSR count). The Hall–Kier alpha value is -2.57. The fourth-order valence-corrected chi connectivity index (χ4v) is 2.74. The van der Waals surface area contributed by atoms with E-state index in [4.69, 9.17) is 4.74 Å². The zero-order chi connectivity index (χ0) is 18.1. The number of nitrogens with zero attached hydrogens (tertiary/aromatic N) is 2. The lowest BCUT2D eigenvalue weighted by Crippen LogP contribution is -2.30. The van der Waals surface area contributed by atoms with Gasteiger partial charge in [0.05, 0.1) is 18.2 Å². The highest BCUT2D eigenvalue weighted by molar-refractivity contribution is 5.70. The average molecular weight is 350 g/mol. The number of benzene rings is 1. The maximum atomic E-state index is 13.5. The predicted molar refractivity (Wildman–Crippen MR) is 85.7 cm³/mol. The first-order chi connectivity index (χ1) is 11.9. The van der Waals surface area contributed by atoms with E-state index >= 15 is 0 Å². The summed E-state index contributed by atoms with van der Waals surface area (Å²) >= 11 is 0. The monoisotopic (exact) mass is 350 g/mol. The number of amides is 1. The van der Waals surface area contributed by atoms with Crippen LogP contribution in [0.3, 0.4) is 0 Å². The van der Waals surface area contributed by atoms with Gasteiger partial charge in [0.15, 0.2) is 0 Å². The Labute approximate surface area is 143 Å². The third-order valence-electron chi connectivity index (χ3n) is 4.31. The van der Waals surface area contributed by atoms with Crippen molar-refractivity contribution in [2.24, 2.45) is 0 Å². The van der Waals surface area contributed by atoms with E-state index in [2.05, 4.69) is 4.98 Å². The van der Waals surface area contributed by atoms with Crippen molar-refractivity contribution in [2.75, 3.05) is 6.61 Å². The minimum Gasteiger partial charge on any atom is -0.447 e. The van der Waals surface area contributed by atoms with E-state index in [1.54, 1.807) is 24.1 Å². The highest BCUT2D eigenvalue weighted by Gasteiger charge is 2.29. The minimum absolute atomic E-state index is 0.0492. The van der Waals surface area contributed by atoms with E-state index in [1.807, 2.05) is 6.92 Å². The van der Waals surface area contributed by atoms with Crippen LogP contribution in [-0.2, 0) is 11.3 Å². The molecule has 0 saturated carbocycles. The molecule has 1 unspecified atom stereocenters. The number of hydrogen-bond acceptors (Lipinski definition) is 3. The van der Waals surface area contributed by atoms with Crippen LogP contribution < -0.4 is 0 Å². The lowest BCUT2D eigenvalue weighted by atomic mass is 10.0. The molecule has 4 nitrogen and oxygen atoms in total. The number of ether oxygens (including phenoxy) is 1. The fourth-order valence-electron chi connectivity index (χ4n) is 2.74. The molecule has 1 aliphatic rings. The van der Waals surface area contributed by atoms with E-state index in [9.17, 15) is 18.0 Å². The Morgan fingerprint density at radius 1 is 1.32 bits per heavy atom. The SMILES string of the molecule is Cc1ncc(-c2ccc(F)c(C(F)F)c2)cc1CN1C(=O)OCC1C. The van der Waals surface area contributed by atoms with E-state index < -0.39 is 17.8 Å². The number of carbonyl (C=O) groups excluding carboxylic acids is 1. The van der Waals surface area contributed by atoms with Crippen LogP contribution in [0.15, 0.2) is 30.5 Å². The summed E-state index contributed by atoms with van der Waals surface area (Å²) in [5.74, 6) is -0.937. The molecule has 132 valence electrons. The molecule has 0 bridgehead atoms. The van der Waals surface area contributed by atoms with Crippen LogP contribution in [0.4, 0.5) is 18.0 Å². The number of alkyl halides is 2. The van der Waals surface area contributed by atoms with Gasteiger partial charge in [-0.1, -0.05) is 6.07 Å². The van der Waals surface area contributed by atoms with Gasteiger partial charge in [-0.05, 0) is 43.2 Å². The van der Waals surface area contributed by atoms with Gasteiger partial charge in [-0.25, -0.2) is 18.0 Å². The van der Waals surface area contributed by atoms with Crippen LogP contribution in [0.1, 0.15) is 30.2 Å². The number of aryl methyl sites for hydroxylation is 1. The third kappa shape index (κ3) is 3.45. The van der Waals surface area contributed by atoms with Crippen LogP contribution in [-0.4, -0.2) is 28.6 Å². The summed E-state index contributed by atoms with van der Waals surface area (Å²) in [6.07, 6.45) is -1.73. The van der Waals surface area contributed by atoms with Crippen LogP contribution in [0, 0.1) is 12.7 Å². The molecule has 0 radical (unpaired) electrons. The highest BCUT2D eigenvalue weighted by Crippen LogP contribution is 2.29. The molecule has 2 heterocycles. The van der Waals surface area contributed by atoms with Crippen LogP contribution in [0.5, 0.6) is 0 Å². The quantitative estimate of drug-likeness (QED) is 0.817. The molecule has 0 aliphatic carbocycles. The molecule has 1 saturated heterocycles. The van der Waals surface area contributed by atoms with Crippen LogP contribution in [0.2, 0.25) is 0 Å². The Bertz CT molecular complexity index is 811. The zero-order valence-corrected chi connectivity index (χ0v) is 13.8. The maximum Gasteiger partial charge on any atom is 0.410 e. The summed E-state index contributed by atoms with van der Waals surface area (Å²) in [4.78, 5) is 17.6. The first-order valence-electron chi connectivity index (χ1n) is 7.83. The van der Waals surface area contributed by atoms with Gasteiger partial charge in [0.2, 0.25) is 0 Å². The molecular formula is C18H17F3N2O2. The normalized spacial score (nSPS) is 17.3. The lowest BCUT2D eigenvalue weighted by Gasteiger charge is -2.19. The number of cyclic esters (lactones) is 1. The third-order valence-corrected chi connectivity index (χ3v) is 4.31. The standard InChI is InChI=1S/C18H17F3N2O2/c1-10-9-25-18(24)23(10)8-14-5-13(7-22-11(14)2)12-3-4-16(19)15(6-12)17(20)21/h3-7,10,17H,8-9H2,1-2H3. The van der Waals surface area contributed by atoms with Crippen LogP contribution in [0.25, 0.3) is 11.1 Å². The Kier molecular flexibility index (Phi) is 4.65. The van der Waals surface area contributed by atoms with Crippen LogP contribution >= 0.6 is 0 Å². The number of halogens is 3. The van der Waals surface area contributed by atoms with Gasteiger partial charge in [0.1, 0.15) is 12.4 Å². The van der Waals surface area contributed by atoms with Gasteiger partial charge in [0, 0.05) is 17.5 Å². The Morgan fingerprint density at radius 2 is 2.08 bits per heavy atom. The topological polar surface area (TPSA) is 42.4 Å². The number of pyridine rings is 1. The fraction of sp³-hybridized carbons (Fsp3) is 0.333. The van der Waals surface area contributed by atoms with Gasteiger partial charge >= 0.3 is 6.09 Å². The number of rotatable bonds is 4. The molecule has 1 aromatic carbocycles. The molecule has 1 amide bonds. The number of aromatic nitrogens is 1. The van der Waals surface area contributed by atoms with Crippen molar-refractivity contribution in [3.8, 4) is 11.1 Å². The molecule has 25 heavy (non-hydrogen) atoms. The second-order valence-electron chi connectivity index (χ2n) is 6.06. The second kappa shape index (κ2) is 6.74. The summed E-state index contributed by atoms with van der Waals surface area (Å²) in [5, 5.41) is 0. The van der Waals surface area contributed by atoms with Crippen molar-refractivity contribution in [1.29, 1.82) is 0 Å². The molecule has 1 fully saturated rings. The summed E-state index contributed by atoms with van der Waals surface area (Å²) < 4.78 is 44.3. The van der Waals surface area contributed by atoms with Crippen molar-refractivity contribution in [3.05, 3.63) is 53.1 Å².